The van der Waals surface area contributed by atoms with E-state index in [1.165, 1.54) is 0 Å². The molecule has 0 radical (unpaired) electrons. The van der Waals surface area contributed by atoms with Crippen molar-refractivity contribution in [2.45, 2.75) is 32.5 Å². The number of aromatic nitrogens is 2. The molecule has 8 nitrogen and oxygen atoms in total. The number of nitrogens with one attached hydrogen (secondary N) is 2. The average molecular weight is 424 g/mol. The lowest BCUT2D eigenvalue weighted by molar-refractivity contribution is -0.0228. The maximum atomic E-state index is 11.8. The van der Waals surface area contributed by atoms with Gasteiger partial charge in [0, 0.05) is 36.4 Å². The number of benzene rings is 1. The van der Waals surface area contributed by atoms with Gasteiger partial charge in [0.2, 0.25) is 0 Å². The van der Waals surface area contributed by atoms with Crippen LogP contribution in [0.3, 0.4) is 0 Å². The van der Waals surface area contributed by atoms with Gasteiger partial charge >= 0.3 is 6.03 Å². The van der Waals surface area contributed by atoms with E-state index in [4.69, 9.17) is 19.4 Å². The Bertz CT molecular complexity index is 956. The molecule has 8 heteroatoms. The van der Waals surface area contributed by atoms with Crippen LogP contribution >= 0.6 is 0 Å². The SMILES string of the molecule is C=CCC1(C)OCc2c(N3CCOCC3)nc(-c3ccc(NC(=O)NCC)cc3)nc21. The topological polar surface area (TPSA) is 88.6 Å². The van der Waals surface area contributed by atoms with E-state index in [0.717, 1.165) is 35.7 Å². The van der Waals surface area contributed by atoms with Crippen LogP contribution in [0.1, 0.15) is 31.5 Å². The molecule has 1 aromatic carbocycles. The molecular formula is C23H29N5O3. The molecule has 0 aliphatic carbocycles. The van der Waals surface area contributed by atoms with Crippen LogP contribution in [0.25, 0.3) is 11.4 Å². The highest BCUT2D eigenvalue weighted by molar-refractivity contribution is 5.89. The molecule has 0 bridgehead atoms. The maximum Gasteiger partial charge on any atom is 0.319 e. The Kier molecular flexibility index (Phi) is 6.20. The number of anilines is 2. The zero-order valence-corrected chi connectivity index (χ0v) is 18.1. The van der Waals surface area contributed by atoms with Gasteiger partial charge in [0.15, 0.2) is 5.82 Å². The fourth-order valence-electron chi connectivity index (χ4n) is 3.98. The van der Waals surface area contributed by atoms with Gasteiger partial charge in [-0.1, -0.05) is 6.08 Å². The van der Waals surface area contributed by atoms with Gasteiger partial charge in [-0.05, 0) is 44.5 Å². The lowest BCUT2D eigenvalue weighted by Crippen LogP contribution is -2.37. The summed E-state index contributed by atoms with van der Waals surface area (Å²) in [6.07, 6.45) is 2.54. The summed E-state index contributed by atoms with van der Waals surface area (Å²) in [5, 5.41) is 5.53. The van der Waals surface area contributed by atoms with Crippen LogP contribution < -0.4 is 15.5 Å². The number of carbonyl (C=O) groups excluding carboxylic acids is 1. The lowest BCUT2D eigenvalue weighted by atomic mass is 9.96. The third kappa shape index (κ3) is 4.40. The summed E-state index contributed by atoms with van der Waals surface area (Å²) in [4.78, 5) is 23.9. The van der Waals surface area contributed by atoms with E-state index in [2.05, 4.69) is 29.0 Å². The first-order valence-corrected chi connectivity index (χ1v) is 10.7. The van der Waals surface area contributed by atoms with Crippen molar-refractivity contribution in [3.05, 3.63) is 48.2 Å². The van der Waals surface area contributed by atoms with Crippen molar-refractivity contribution >= 4 is 17.5 Å². The molecule has 1 fully saturated rings. The molecule has 0 spiro atoms. The first-order valence-electron chi connectivity index (χ1n) is 10.7. The molecule has 2 amide bonds. The van der Waals surface area contributed by atoms with Crippen LogP contribution in [0, 0.1) is 0 Å². The fraction of sp³-hybridized carbons (Fsp3) is 0.435. The first-order chi connectivity index (χ1) is 15.0. The normalized spacial score (nSPS) is 20.3. The Balaban J connectivity index is 1.71. The van der Waals surface area contributed by atoms with Crippen LogP contribution in [0.2, 0.25) is 0 Å². The minimum Gasteiger partial charge on any atom is -0.378 e. The van der Waals surface area contributed by atoms with E-state index < -0.39 is 5.60 Å². The number of hydrogen-bond donors (Lipinski definition) is 2. The summed E-state index contributed by atoms with van der Waals surface area (Å²) in [5.74, 6) is 1.56. The highest BCUT2D eigenvalue weighted by Gasteiger charge is 2.39. The molecule has 1 saturated heterocycles. The summed E-state index contributed by atoms with van der Waals surface area (Å²) in [5.41, 5.74) is 3.04. The van der Waals surface area contributed by atoms with Crippen molar-refractivity contribution in [3.8, 4) is 11.4 Å². The minimum atomic E-state index is -0.518. The Hall–Kier alpha value is -2.97. The molecule has 3 heterocycles. The van der Waals surface area contributed by atoms with E-state index in [-0.39, 0.29) is 6.03 Å². The van der Waals surface area contributed by atoms with Crippen molar-refractivity contribution < 1.29 is 14.3 Å². The van der Waals surface area contributed by atoms with Gasteiger partial charge in [0.1, 0.15) is 11.4 Å². The molecule has 1 unspecified atom stereocenters. The Morgan fingerprint density at radius 1 is 1.26 bits per heavy atom. The van der Waals surface area contributed by atoms with Crippen LogP contribution in [0.4, 0.5) is 16.3 Å². The third-order valence-corrected chi connectivity index (χ3v) is 5.60. The molecule has 164 valence electrons. The van der Waals surface area contributed by atoms with Crippen molar-refractivity contribution in [2.24, 2.45) is 0 Å². The molecule has 2 N–H and O–H groups in total. The second-order valence-electron chi connectivity index (χ2n) is 7.87. The molecule has 2 aromatic rings. The minimum absolute atomic E-state index is 0.226. The van der Waals surface area contributed by atoms with E-state index in [1.807, 2.05) is 37.3 Å². The first kappa shape index (κ1) is 21.3. The summed E-state index contributed by atoms with van der Waals surface area (Å²) in [7, 11) is 0. The Labute approximate surface area is 182 Å². The molecular weight excluding hydrogens is 394 g/mol. The van der Waals surface area contributed by atoms with E-state index in [1.54, 1.807) is 0 Å². The van der Waals surface area contributed by atoms with Gasteiger partial charge in [-0.2, -0.15) is 0 Å². The van der Waals surface area contributed by atoms with Gasteiger partial charge < -0.3 is 25.0 Å². The molecule has 31 heavy (non-hydrogen) atoms. The zero-order chi connectivity index (χ0) is 21.8. The molecule has 2 aliphatic heterocycles. The van der Waals surface area contributed by atoms with Gasteiger partial charge in [-0.25, -0.2) is 14.8 Å². The zero-order valence-electron chi connectivity index (χ0n) is 18.1. The number of amides is 2. The van der Waals surface area contributed by atoms with Crippen molar-refractivity contribution in [3.63, 3.8) is 0 Å². The predicted molar refractivity (Wildman–Crippen MR) is 120 cm³/mol. The smallest absolute Gasteiger partial charge is 0.319 e. The molecule has 0 saturated carbocycles. The number of fused-ring (bicyclic) bond motifs is 1. The van der Waals surface area contributed by atoms with Gasteiger partial charge in [0.25, 0.3) is 0 Å². The predicted octanol–water partition coefficient (Wildman–Crippen LogP) is 3.44. The number of urea groups is 1. The quantitative estimate of drug-likeness (QED) is 0.692. The van der Waals surface area contributed by atoms with E-state index >= 15 is 0 Å². The summed E-state index contributed by atoms with van der Waals surface area (Å²) >= 11 is 0. The number of nitrogens with zero attached hydrogens (tertiary/aromatic N) is 3. The van der Waals surface area contributed by atoms with Gasteiger partial charge in [-0.15, -0.1) is 6.58 Å². The maximum absolute atomic E-state index is 11.8. The van der Waals surface area contributed by atoms with Crippen LogP contribution in [0.15, 0.2) is 36.9 Å². The largest absolute Gasteiger partial charge is 0.378 e. The number of carbonyl (C=O) groups is 1. The van der Waals surface area contributed by atoms with E-state index in [9.17, 15) is 4.79 Å². The van der Waals surface area contributed by atoms with Crippen molar-refractivity contribution in [1.29, 1.82) is 0 Å². The monoisotopic (exact) mass is 423 g/mol. The molecule has 1 atom stereocenters. The van der Waals surface area contributed by atoms with E-state index in [0.29, 0.717) is 44.3 Å². The highest BCUT2D eigenvalue weighted by Crippen LogP contribution is 2.42. The van der Waals surface area contributed by atoms with Crippen molar-refractivity contribution in [2.75, 3.05) is 43.1 Å². The second kappa shape index (κ2) is 9.03. The average Bonchev–Trinajstić information content (AvgIpc) is 3.11. The molecule has 2 aliphatic rings. The highest BCUT2D eigenvalue weighted by atomic mass is 16.5. The Morgan fingerprint density at radius 3 is 2.68 bits per heavy atom. The van der Waals surface area contributed by atoms with Crippen LogP contribution in [-0.2, 0) is 21.7 Å². The summed E-state index contributed by atoms with van der Waals surface area (Å²) < 4.78 is 11.7. The lowest BCUT2D eigenvalue weighted by Gasteiger charge is -2.30. The molecule has 4 rings (SSSR count). The fourth-order valence-corrected chi connectivity index (χ4v) is 3.98. The standard InChI is InChI=1S/C23H29N5O3/c1-4-10-23(3)19-18(15-31-23)21(28-11-13-30-14-12-28)27-20(26-19)16-6-8-17(9-7-16)25-22(29)24-5-2/h4,6-9H,1,5,10-15H2,2-3H3,(H2,24,25,29). The number of rotatable bonds is 6. The number of ether oxygens (including phenoxy) is 2. The van der Waals surface area contributed by atoms with Gasteiger partial charge in [0.05, 0.1) is 25.5 Å². The number of morpholine rings is 1. The van der Waals surface area contributed by atoms with Crippen LogP contribution in [0.5, 0.6) is 0 Å². The van der Waals surface area contributed by atoms with Crippen molar-refractivity contribution in [1.82, 2.24) is 15.3 Å². The third-order valence-electron chi connectivity index (χ3n) is 5.60. The Morgan fingerprint density at radius 2 is 2.00 bits per heavy atom. The van der Waals surface area contributed by atoms with Gasteiger partial charge in [-0.3, -0.25) is 0 Å². The summed E-state index contributed by atoms with van der Waals surface area (Å²) in [6, 6.07) is 7.33. The molecule has 1 aromatic heterocycles. The summed E-state index contributed by atoms with van der Waals surface area (Å²) in [6.45, 7) is 11.8. The van der Waals surface area contributed by atoms with Crippen LogP contribution in [-0.4, -0.2) is 48.8 Å². The number of hydrogen-bond acceptors (Lipinski definition) is 6. The second-order valence-corrected chi connectivity index (χ2v) is 7.87.